The van der Waals surface area contributed by atoms with Gasteiger partial charge in [0.05, 0.1) is 28.5 Å². The van der Waals surface area contributed by atoms with Crippen molar-refractivity contribution in [2.24, 2.45) is 4.99 Å². The average molecular weight is 569 g/mol. The zero-order valence-corrected chi connectivity index (χ0v) is 24.3. The lowest BCUT2D eigenvalue weighted by Crippen LogP contribution is -2.40. The molecule has 0 N–H and O–H groups in total. The number of carbonyl (C=O) groups is 1. The molecule has 0 saturated heterocycles. The van der Waals surface area contributed by atoms with E-state index in [1.165, 1.54) is 11.3 Å². The van der Waals surface area contributed by atoms with E-state index in [2.05, 4.69) is 4.99 Å². The fourth-order valence-electron chi connectivity index (χ4n) is 4.74. The topological polar surface area (TPSA) is 79.1 Å². The van der Waals surface area contributed by atoms with Gasteiger partial charge in [-0.3, -0.25) is 9.36 Å². The van der Waals surface area contributed by atoms with Crippen LogP contribution in [0.25, 0.3) is 6.08 Å². The molecule has 4 aromatic rings. The molecule has 0 spiro atoms. The van der Waals surface area contributed by atoms with Crippen LogP contribution in [0.4, 0.5) is 0 Å². The third kappa shape index (κ3) is 6.18. The SMILES string of the molecule is CCOC(=O)C1=C(C)N=c2s/c(=C\c3cccc(OCc4ccccc4)c3)c(=O)n2C1c1ccccc1OC(C)C. The van der Waals surface area contributed by atoms with Crippen molar-refractivity contribution in [1.29, 1.82) is 0 Å². The summed E-state index contributed by atoms with van der Waals surface area (Å²) in [7, 11) is 0. The third-order valence-electron chi connectivity index (χ3n) is 6.50. The molecule has 7 nitrogen and oxygen atoms in total. The van der Waals surface area contributed by atoms with Crippen LogP contribution in [0.3, 0.4) is 0 Å². The molecule has 0 bridgehead atoms. The number of nitrogens with zero attached hydrogens (tertiary/aromatic N) is 2. The van der Waals surface area contributed by atoms with E-state index in [1.54, 1.807) is 18.4 Å². The van der Waals surface area contributed by atoms with Crippen LogP contribution < -0.4 is 24.4 Å². The Morgan fingerprint density at radius 3 is 2.56 bits per heavy atom. The lowest BCUT2D eigenvalue weighted by molar-refractivity contribution is -0.139. The van der Waals surface area contributed by atoms with Crippen molar-refractivity contribution in [3.63, 3.8) is 0 Å². The summed E-state index contributed by atoms with van der Waals surface area (Å²) in [4.78, 5) is 32.4. The highest BCUT2D eigenvalue weighted by Crippen LogP contribution is 2.36. The number of fused-ring (bicyclic) bond motifs is 1. The van der Waals surface area contributed by atoms with Crippen molar-refractivity contribution < 1.29 is 19.0 Å². The van der Waals surface area contributed by atoms with Crippen LogP contribution >= 0.6 is 11.3 Å². The van der Waals surface area contributed by atoms with E-state index in [-0.39, 0.29) is 18.3 Å². The van der Waals surface area contributed by atoms with Gasteiger partial charge >= 0.3 is 5.97 Å². The maximum absolute atomic E-state index is 14.0. The van der Waals surface area contributed by atoms with Crippen molar-refractivity contribution >= 4 is 23.4 Å². The summed E-state index contributed by atoms with van der Waals surface area (Å²) in [5.74, 6) is 0.797. The minimum atomic E-state index is -0.747. The fourth-order valence-corrected chi connectivity index (χ4v) is 5.79. The highest BCUT2D eigenvalue weighted by molar-refractivity contribution is 7.07. The maximum atomic E-state index is 14.0. The maximum Gasteiger partial charge on any atom is 0.338 e. The molecule has 0 radical (unpaired) electrons. The molecule has 1 atom stereocenters. The second kappa shape index (κ2) is 12.4. The van der Waals surface area contributed by atoms with E-state index in [0.29, 0.717) is 44.3 Å². The highest BCUT2D eigenvalue weighted by atomic mass is 32.1. The summed E-state index contributed by atoms with van der Waals surface area (Å²) in [5.41, 5.74) is 3.17. The molecule has 0 fully saturated rings. The number of hydrogen-bond donors (Lipinski definition) is 0. The predicted octanol–water partition coefficient (Wildman–Crippen LogP) is 5.16. The van der Waals surface area contributed by atoms with Gasteiger partial charge in [-0.2, -0.15) is 0 Å². The number of ether oxygens (including phenoxy) is 3. The van der Waals surface area contributed by atoms with Gasteiger partial charge in [0.2, 0.25) is 0 Å². The number of hydrogen-bond acceptors (Lipinski definition) is 7. The van der Waals surface area contributed by atoms with E-state index < -0.39 is 12.0 Å². The number of carbonyl (C=O) groups excluding carboxylic acids is 1. The molecule has 3 aromatic carbocycles. The van der Waals surface area contributed by atoms with Gasteiger partial charge in [-0.15, -0.1) is 0 Å². The van der Waals surface area contributed by atoms with Crippen LogP contribution in [0.15, 0.2) is 99.9 Å². The van der Waals surface area contributed by atoms with E-state index in [0.717, 1.165) is 11.1 Å². The van der Waals surface area contributed by atoms with Gasteiger partial charge in [-0.05, 0) is 63.1 Å². The van der Waals surface area contributed by atoms with Crippen LogP contribution in [-0.4, -0.2) is 23.2 Å². The molecule has 8 heteroatoms. The van der Waals surface area contributed by atoms with E-state index in [4.69, 9.17) is 14.2 Å². The largest absolute Gasteiger partial charge is 0.491 e. The van der Waals surface area contributed by atoms with Gasteiger partial charge in [0.1, 0.15) is 24.1 Å². The second-order valence-corrected chi connectivity index (χ2v) is 10.9. The van der Waals surface area contributed by atoms with Gasteiger partial charge in [0.25, 0.3) is 5.56 Å². The lowest BCUT2D eigenvalue weighted by atomic mass is 9.95. The monoisotopic (exact) mass is 568 g/mol. The first-order valence-corrected chi connectivity index (χ1v) is 14.4. The molecular formula is C33H32N2O5S. The fraction of sp³-hybridized carbons (Fsp3) is 0.242. The Labute approximate surface area is 242 Å². The van der Waals surface area contributed by atoms with Crippen LogP contribution in [0.5, 0.6) is 11.5 Å². The summed E-state index contributed by atoms with van der Waals surface area (Å²) >= 11 is 1.28. The van der Waals surface area contributed by atoms with Crippen molar-refractivity contribution in [1.82, 2.24) is 4.57 Å². The van der Waals surface area contributed by atoms with Gasteiger partial charge < -0.3 is 14.2 Å². The average Bonchev–Trinajstić information content (AvgIpc) is 3.26. The molecule has 1 aliphatic heterocycles. The summed E-state index contributed by atoms with van der Waals surface area (Å²) < 4.78 is 19.6. The molecule has 210 valence electrons. The zero-order valence-electron chi connectivity index (χ0n) is 23.5. The number of para-hydroxylation sites is 1. The smallest absolute Gasteiger partial charge is 0.338 e. The minimum Gasteiger partial charge on any atom is -0.491 e. The molecule has 2 heterocycles. The zero-order chi connectivity index (χ0) is 28.9. The molecular weight excluding hydrogens is 536 g/mol. The van der Waals surface area contributed by atoms with E-state index >= 15 is 0 Å². The van der Waals surface area contributed by atoms with Crippen LogP contribution in [0.2, 0.25) is 0 Å². The summed E-state index contributed by atoms with van der Waals surface area (Å²) in [6.45, 7) is 8.06. The summed E-state index contributed by atoms with van der Waals surface area (Å²) in [5, 5.41) is 0. The Bertz CT molecular complexity index is 1770. The molecule has 5 rings (SSSR count). The van der Waals surface area contributed by atoms with Crippen molar-refractivity contribution in [3.8, 4) is 11.5 Å². The van der Waals surface area contributed by atoms with Crippen molar-refractivity contribution in [2.75, 3.05) is 6.61 Å². The summed E-state index contributed by atoms with van der Waals surface area (Å²) in [6.07, 6.45) is 1.73. The predicted molar refractivity (Wildman–Crippen MR) is 160 cm³/mol. The normalized spacial score (nSPS) is 15.0. The first-order chi connectivity index (χ1) is 19.9. The Hall–Kier alpha value is -4.43. The number of thiazole rings is 1. The van der Waals surface area contributed by atoms with E-state index in [1.807, 2.05) is 98.8 Å². The number of aromatic nitrogens is 1. The quantitative estimate of drug-likeness (QED) is 0.261. The molecule has 1 aliphatic rings. The first-order valence-electron chi connectivity index (χ1n) is 13.6. The number of benzene rings is 3. The number of allylic oxidation sites excluding steroid dienone is 1. The molecule has 1 unspecified atom stereocenters. The van der Waals surface area contributed by atoms with Gasteiger partial charge in [0, 0.05) is 5.56 Å². The second-order valence-electron chi connectivity index (χ2n) is 9.85. The lowest BCUT2D eigenvalue weighted by Gasteiger charge is -2.26. The highest BCUT2D eigenvalue weighted by Gasteiger charge is 2.35. The minimum absolute atomic E-state index is 0.0977. The number of esters is 1. The Morgan fingerprint density at radius 2 is 1.80 bits per heavy atom. The van der Waals surface area contributed by atoms with Crippen LogP contribution in [0, 0.1) is 0 Å². The molecule has 1 aromatic heterocycles. The van der Waals surface area contributed by atoms with Gasteiger partial charge in [-0.25, -0.2) is 9.79 Å². The Kier molecular flexibility index (Phi) is 8.50. The number of rotatable bonds is 9. The van der Waals surface area contributed by atoms with Gasteiger partial charge in [-0.1, -0.05) is 72.0 Å². The van der Waals surface area contributed by atoms with Crippen LogP contribution in [0.1, 0.15) is 50.4 Å². The molecule has 0 amide bonds. The van der Waals surface area contributed by atoms with E-state index in [9.17, 15) is 9.59 Å². The van der Waals surface area contributed by atoms with Crippen molar-refractivity contribution in [2.45, 2.75) is 46.4 Å². The van der Waals surface area contributed by atoms with Crippen LogP contribution in [-0.2, 0) is 16.1 Å². The molecule has 41 heavy (non-hydrogen) atoms. The molecule has 0 saturated carbocycles. The third-order valence-corrected chi connectivity index (χ3v) is 7.48. The Balaban J connectivity index is 1.59. The van der Waals surface area contributed by atoms with Gasteiger partial charge in [0.15, 0.2) is 4.80 Å². The standard InChI is InChI=1S/C33H32N2O5S/c1-5-38-32(37)29-22(4)34-33-35(30(29)26-16-9-10-17-27(26)40-21(2)3)31(36)28(41-33)19-24-14-11-15-25(18-24)39-20-23-12-7-6-8-13-23/h6-19,21,30H,5,20H2,1-4H3/b28-19-. The Morgan fingerprint density at radius 1 is 1.05 bits per heavy atom. The van der Waals surface area contributed by atoms with Crippen molar-refractivity contribution in [3.05, 3.63) is 127 Å². The molecule has 0 aliphatic carbocycles. The first kappa shape index (κ1) is 28.1. The summed E-state index contributed by atoms with van der Waals surface area (Å²) in [6, 6.07) is 24.3.